The molecule has 3 radical (unpaired) electrons. The summed E-state index contributed by atoms with van der Waals surface area (Å²) in [5, 5.41) is 3.28. The molecule has 0 spiro atoms. The number of hydrogen-bond acceptors (Lipinski definition) is 1. The molecule has 1 nitrogen and oxygen atoms in total. The van der Waals surface area contributed by atoms with Crippen molar-refractivity contribution < 1.29 is 0 Å². The first-order chi connectivity index (χ1) is 5.00. The van der Waals surface area contributed by atoms with Gasteiger partial charge in [-0.1, -0.05) is 34.1 Å². The van der Waals surface area contributed by atoms with Gasteiger partial charge < -0.3 is 5.32 Å². The summed E-state index contributed by atoms with van der Waals surface area (Å²) >= 11 is 0. The average Bonchev–Trinajstić information content (AvgIpc) is 1.88. The van der Waals surface area contributed by atoms with E-state index in [0.717, 1.165) is 0 Å². The van der Waals surface area contributed by atoms with Gasteiger partial charge in [-0.05, 0) is 31.3 Å². The Morgan fingerprint density at radius 2 is 1.17 bits per heavy atom. The van der Waals surface area contributed by atoms with Crippen LogP contribution in [0.25, 0.3) is 0 Å². The molecular formula is C10H23BN. The van der Waals surface area contributed by atoms with Crippen LogP contribution in [0, 0.1) is 5.41 Å². The molecular weight excluding hydrogens is 145 g/mol. The Morgan fingerprint density at radius 3 is 1.25 bits per heavy atom. The third-order valence-electron chi connectivity index (χ3n) is 1.21. The molecule has 1 fully saturated rings. The molecule has 0 aromatic heterocycles. The molecule has 1 heterocycles. The SMILES string of the molecule is C1CCNCC1.CC(C)(C)C.[B]. The Balaban J connectivity index is 0. The fraction of sp³-hybridized carbons (Fsp3) is 1.00. The fourth-order valence-corrected chi connectivity index (χ4v) is 0.802. The zero-order chi connectivity index (χ0) is 8.74. The normalized spacial score (nSPS) is 17.0. The van der Waals surface area contributed by atoms with E-state index < -0.39 is 0 Å². The van der Waals surface area contributed by atoms with Crippen molar-refractivity contribution in [1.29, 1.82) is 0 Å². The minimum atomic E-state index is 0. The summed E-state index contributed by atoms with van der Waals surface area (Å²) < 4.78 is 0. The van der Waals surface area contributed by atoms with Crippen molar-refractivity contribution in [3.05, 3.63) is 0 Å². The van der Waals surface area contributed by atoms with Gasteiger partial charge in [0.2, 0.25) is 0 Å². The molecule has 1 N–H and O–H groups in total. The summed E-state index contributed by atoms with van der Waals surface area (Å²) in [5.74, 6) is 0. The van der Waals surface area contributed by atoms with Gasteiger partial charge in [0.1, 0.15) is 0 Å². The van der Waals surface area contributed by atoms with Gasteiger partial charge in [-0.2, -0.15) is 0 Å². The second-order valence-corrected chi connectivity index (χ2v) is 4.81. The average molecular weight is 168 g/mol. The first-order valence-corrected chi connectivity index (χ1v) is 4.71. The lowest BCUT2D eigenvalue weighted by Crippen LogP contribution is -2.21. The summed E-state index contributed by atoms with van der Waals surface area (Å²) in [6.45, 7) is 11.2. The molecule has 71 valence electrons. The van der Waals surface area contributed by atoms with E-state index in [1.807, 2.05) is 0 Å². The lowest BCUT2D eigenvalue weighted by atomic mass is 10.0. The van der Waals surface area contributed by atoms with Crippen LogP contribution in [0.5, 0.6) is 0 Å². The number of hydrogen-bond donors (Lipinski definition) is 1. The highest BCUT2D eigenvalue weighted by Gasteiger charge is 1.95. The van der Waals surface area contributed by atoms with Gasteiger partial charge >= 0.3 is 0 Å². The third-order valence-corrected chi connectivity index (χ3v) is 1.21. The van der Waals surface area contributed by atoms with E-state index in [9.17, 15) is 0 Å². The van der Waals surface area contributed by atoms with Crippen LogP contribution in [0.2, 0.25) is 0 Å². The van der Waals surface area contributed by atoms with Crippen molar-refractivity contribution >= 4 is 8.41 Å². The molecule has 0 unspecified atom stereocenters. The molecule has 1 rings (SSSR count). The molecule has 1 aliphatic rings. The van der Waals surface area contributed by atoms with Gasteiger partial charge in [0, 0.05) is 8.41 Å². The zero-order valence-corrected chi connectivity index (χ0v) is 9.11. The van der Waals surface area contributed by atoms with Crippen molar-refractivity contribution in [2.75, 3.05) is 13.1 Å². The smallest absolute Gasteiger partial charge is 0 e. The summed E-state index contributed by atoms with van der Waals surface area (Å²) in [4.78, 5) is 0. The Labute approximate surface area is 79.9 Å². The molecule has 0 amide bonds. The molecule has 0 aromatic carbocycles. The van der Waals surface area contributed by atoms with E-state index in [-0.39, 0.29) is 8.41 Å². The zero-order valence-electron chi connectivity index (χ0n) is 9.11. The van der Waals surface area contributed by atoms with Gasteiger partial charge in [-0.3, -0.25) is 0 Å². The van der Waals surface area contributed by atoms with Gasteiger partial charge in [0.05, 0.1) is 0 Å². The molecule has 1 saturated heterocycles. The predicted molar refractivity (Wildman–Crippen MR) is 57.6 cm³/mol. The van der Waals surface area contributed by atoms with Gasteiger partial charge in [-0.15, -0.1) is 0 Å². The first kappa shape index (κ1) is 14.5. The summed E-state index contributed by atoms with van der Waals surface area (Å²) in [6.07, 6.45) is 4.22. The van der Waals surface area contributed by atoms with Crippen LogP contribution in [0.15, 0.2) is 0 Å². The largest absolute Gasteiger partial charge is 0.317 e. The monoisotopic (exact) mass is 168 g/mol. The maximum absolute atomic E-state index is 3.28. The lowest BCUT2D eigenvalue weighted by molar-refractivity contribution is 0.469. The van der Waals surface area contributed by atoms with Crippen molar-refractivity contribution in [1.82, 2.24) is 5.32 Å². The van der Waals surface area contributed by atoms with Crippen molar-refractivity contribution in [3.63, 3.8) is 0 Å². The standard InChI is InChI=1S/C5H11N.C5H12.B/c1-2-4-6-5-3-1;1-5(2,3)4;/h6H,1-5H2;1-4H3;. The molecule has 0 saturated carbocycles. The molecule has 0 atom stereocenters. The van der Waals surface area contributed by atoms with E-state index in [0.29, 0.717) is 5.41 Å². The first-order valence-electron chi connectivity index (χ1n) is 4.71. The minimum absolute atomic E-state index is 0. The van der Waals surface area contributed by atoms with E-state index >= 15 is 0 Å². The number of nitrogens with one attached hydrogen (secondary N) is 1. The van der Waals surface area contributed by atoms with Gasteiger partial charge in [-0.25, -0.2) is 0 Å². The van der Waals surface area contributed by atoms with Crippen molar-refractivity contribution in [3.8, 4) is 0 Å². The molecule has 0 aliphatic carbocycles. The predicted octanol–water partition coefficient (Wildman–Crippen LogP) is 2.43. The van der Waals surface area contributed by atoms with Crippen LogP contribution in [0.1, 0.15) is 47.0 Å². The van der Waals surface area contributed by atoms with Crippen LogP contribution in [-0.2, 0) is 0 Å². The Morgan fingerprint density at radius 1 is 0.833 bits per heavy atom. The minimum Gasteiger partial charge on any atom is -0.317 e. The molecule has 1 aliphatic heterocycles. The molecule has 0 bridgehead atoms. The maximum atomic E-state index is 3.28. The van der Waals surface area contributed by atoms with Crippen LogP contribution in [-0.4, -0.2) is 21.5 Å². The van der Waals surface area contributed by atoms with E-state index in [1.54, 1.807) is 0 Å². The van der Waals surface area contributed by atoms with E-state index in [2.05, 4.69) is 33.0 Å². The van der Waals surface area contributed by atoms with Gasteiger partial charge in [0.15, 0.2) is 0 Å². The maximum Gasteiger partial charge on any atom is 0 e. The van der Waals surface area contributed by atoms with E-state index in [4.69, 9.17) is 0 Å². The Hall–Kier alpha value is 0.0249. The van der Waals surface area contributed by atoms with Crippen molar-refractivity contribution in [2.24, 2.45) is 5.41 Å². The lowest BCUT2D eigenvalue weighted by Gasteiger charge is -2.08. The highest BCUT2D eigenvalue weighted by atomic mass is 14.9. The van der Waals surface area contributed by atoms with Crippen LogP contribution in [0.4, 0.5) is 0 Å². The topological polar surface area (TPSA) is 12.0 Å². The molecule has 12 heavy (non-hydrogen) atoms. The number of rotatable bonds is 0. The van der Waals surface area contributed by atoms with E-state index in [1.165, 1.54) is 32.4 Å². The quantitative estimate of drug-likeness (QED) is 0.547. The summed E-state index contributed by atoms with van der Waals surface area (Å²) in [7, 11) is 0. The second-order valence-electron chi connectivity index (χ2n) is 4.81. The number of piperidine rings is 1. The van der Waals surface area contributed by atoms with Crippen LogP contribution >= 0.6 is 0 Å². The Kier molecular flexibility index (Phi) is 9.29. The summed E-state index contributed by atoms with van der Waals surface area (Å²) in [6, 6.07) is 0. The van der Waals surface area contributed by atoms with Crippen LogP contribution in [0.3, 0.4) is 0 Å². The summed E-state index contributed by atoms with van der Waals surface area (Å²) in [5.41, 5.74) is 0.500. The Bertz CT molecular complexity index is 64.8. The highest BCUT2D eigenvalue weighted by Crippen LogP contribution is 2.08. The second kappa shape index (κ2) is 7.66. The highest BCUT2D eigenvalue weighted by molar-refractivity contribution is 5.75. The molecule has 0 aromatic rings. The fourth-order valence-electron chi connectivity index (χ4n) is 0.802. The van der Waals surface area contributed by atoms with Crippen LogP contribution < -0.4 is 5.32 Å². The third kappa shape index (κ3) is 22.5. The van der Waals surface area contributed by atoms with Gasteiger partial charge in [0.25, 0.3) is 0 Å². The van der Waals surface area contributed by atoms with Crippen molar-refractivity contribution in [2.45, 2.75) is 47.0 Å². The molecule has 2 heteroatoms.